The third-order valence-corrected chi connectivity index (χ3v) is 16.6. The molecule has 0 atom stereocenters. The van der Waals surface area contributed by atoms with Crippen molar-refractivity contribution in [3.63, 3.8) is 0 Å². The molecule has 3 heterocycles. The molecule has 2 amide bonds. The van der Waals surface area contributed by atoms with Crippen molar-refractivity contribution in [1.29, 1.82) is 0 Å². The average molecular weight is 925 g/mol. The lowest BCUT2D eigenvalue weighted by molar-refractivity contribution is -0.135. The molecule has 63 heavy (non-hydrogen) atoms. The van der Waals surface area contributed by atoms with Gasteiger partial charge in [-0.2, -0.15) is 0 Å². The Morgan fingerprint density at radius 3 is 1.67 bits per heavy atom. The van der Waals surface area contributed by atoms with Crippen molar-refractivity contribution in [2.45, 2.75) is 218 Å². The number of benzene rings is 1. The normalized spacial score (nSPS) is 22.8. The molecule has 0 unspecified atom stereocenters. The van der Waals surface area contributed by atoms with Gasteiger partial charge in [0.15, 0.2) is 0 Å². The SMILES string of the molecule is CCC[C@H]1CC[C@H](c2nc3cc(CCC[C@H]4CC[C@H](c5nc6cc(Br)ccc6n5CCC(=O)N(CC)C5CCCCC5)CC4)ncc3n2CCC(=O)N(CC)C2CCCCC2)CC1. The van der Waals surface area contributed by atoms with Gasteiger partial charge >= 0.3 is 0 Å². The molecule has 0 spiro atoms. The number of halogens is 1. The molecule has 10 heteroatoms. The summed E-state index contributed by atoms with van der Waals surface area (Å²) in [5.41, 5.74) is 5.48. The standard InChI is InChI=1S/C53H78BrN7O2/c1-4-14-38-21-25-41(26-22-38)53-57-47-36-43(55-37-49(47)61(53)34-32-51(63)59(6-3)45-19-11-8-12-20-45)16-13-15-39-23-27-40(28-24-39)52-56-46-35-42(54)29-30-48(46)60(52)33-31-50(62)58(5-2)44-17-9-7-10-18-44/h29-30,35-41,44-45H,4-28,31-34H2,1-3H3/t38-,39-,40-,41-. The summed E-state index contributed by atoms with van der Waals surface area (Å²) < 4.78 is 5.83. The van der Waals surface area contributed by atoms with E-state index >= 15 is 0 Å². The first-order valence-electron chi connectivity index (χ1n) is 25.9. The minimum atomic E-state index is 0.296. The maximum Gasteiger partial charge on any atom is 0.224 e. The first-order chi connectivity index (χ1) is 30.8. The predicted molar refractivity (Wildman–Crippen MR) is 260 cm³/mol. The summed E-state index contributed by atoms with van der Waals surface area (Å²) in [4.78, 5) is 47.4. The molecule has 0 radical (unpaired) electrons. The first-order valence-corrected chi connectivity index (χ1v) is 26.7. The smallest absolute Gasteiger partial charge is 0.224 e. The highest BCUT2D eigenvalue weighted by Crippen LogP contribution is 2.41. The Balaban J connectivity index is 0.887. The fraction of sp³-hybridized carbons (Fsp3) is 0.717. The molecule has 3 aromatic heterocycles. The highest BCUT2D eigenvalue weighted by atomic mass is 79.9. The van der Waals surface area contributed by atoms with E-state index in [-0.39, 0.29) is 0 Å². The fourth-order valence-corrected chi connectivity index (χ4v) is 12.9. The largest absolute Gasteiger partial charge is 0.340 e. The van der Waals surface area contributed by atoms with Crippen molar-refractivity contribution >= 4 is 49.8 Å². The fourth-order valence-electron chi connectivity index (χ4n) is 12.6. The number of aryl methyl sites for hydroxylation is 3. The van der Waals surface area contributed by atoms with Crippen LogP contribution >= 0.6 is 15.9 Å². The molecule has 9 nitrogen and oxygen atoms in total. The molecule has 0 bridgehead atoms. The molecule has 4 fully saturated rings. The molecule has 0 aliphatic heterocycles. The molecule has 4 saturated carbocycles. The van der Waals surface area contributed by atoms with Gasteiger partial charge < -0.3 is 18.9 Å². The van der Waals surface area contributed by atoms with Gasteiger partial charge in [0.25, 0.3) is 0 Å². The lowest BCUT2D eigenvalue weighted by Gasteiger charge is -2.34. The minimum Gasteiger partial charge on any atom is -0.340 e. The number of carbonyl (C=O) groups excluding carboxylic acids is 2. The van der Waals surface area contributed by atoms with E-state index in [4.69, 9.17) is 15.0 Å². The molecule has 1 aromatic carbocycles. The summed E-state index contributed by atoms with van der Waals surface area (Å²) in [6.45, 7) is 9.60. The van der Waals surface area contributed by atoms with Gasteiger partial charge in [-0.3, -0.25) is 14.6 Å². The van der Waals surface area contributed by atoms with Crippen LogP contribution in [0.25, 0.3) is 22.1 Å². The van der Waals surface area contributed by atoms with Gasteiger partial charge in [0, 0.05) is 73.1 Å². The zero-order chi connectivity index (χ0) is 43.7. The summed E-state index contributed by atoms with van der Waals surface area (Å²) >= 11 is 3.68. The number of imidazole rings is 2. The number of rotatable bonds is 18. The van der Waals surface area contributed by atoms with Crippen LogP contribution in [0.1, 0.15) is 204 Å². The van der Waals surface area contributed by atoms with E-state index in [0.29, 0.717) is 61.7 Å². The van der Waals surface area contributed by atoms with Crippen LogP contribution in [0.15, 0.2) is 34.9 Å². The number of fused-ring (bicyclic) bond motifs is 2. The summed E-state index contributed by atoms with van der Waals surface area (Å²) in [6.07, 6.45) is 31.0. The Morgan fingerprint density at radius 2 is 1.14 bits per heavy atom. The van der Waals surface area contributed by atoms with Crippen molar-refractivity contribution in [1.82, 2.24) is 33.9 Å². The Hall–Kier alpha value is -3.27. The van der Waals surface area contributed by atoms with Crippen LogP contribution in [0.3, 0.4) is 0 Å². The average Bonchev–Trinajstić information content (AvgIpc) is 3.86. The molecule has 0 N–H and O–H groups in total. The van der Waals surface area contributed by atoms with Gasteiger partial charge in [0.1, 0.15) is 11.6 Å². The highest BCUT2D eigenvalue weighted by Gasteiger charge is 2.31. The van der Waals surface area contributed by atoms with Gasteiger partial charge in [-0.05, 0) is 140 Å². The first kappa shape index (κ1) is 46.3. The van der Waals surface area contributed by atoms with E-state index in [2.05, 4.69) is 86.1 Å². The maximum atomic E-state index is 13.7. The molecule has 344 valence electrons. The predicted octanol–water partition coefficient (Wildman–Crippen LogP) is 13.1. The number of carbonyl (C=O) groups is 2. The lowest BCUT2D eigenvalue weighted by Crippen LogP contribution is -2.41. The number of amides is 2. The van der Waals surface area contributed by atoms with Crippen LogP contribution in [-0.2, 0) is 29.1 Å². The maximum absolute atomic E-state index is 13.7. The Morgan fingerprint density at radius 1 is 0.635 bits per heavy atom. The molecule has 0 saturated heterocycles. The summed E-state index contributed by atoms with van der Waals surface area (Å²) in [5, 5.41) is 0. The van der Waals surface area contributed by atoms with Gasteiger partial charge in [-0.25, -0.2) is 9.97 Å². The highest BCUT2D eigenvalue weighted by molar-refractivity contribution is 9.10. The Kier molecular flexibility index (Phi) is 16.4. The Labute approximate surface area is 387 Å². The van der Waals surface area contributed by atoms with Crippen molar-refractivity contribution in [3.05, 3.63) is 52.3 Å². The number of pyridine rings is 1. The number of hydrogen-bond acceptors (Lipinski definition) is 5. The summed E-state index contributed by atoms with van der Waals surface area (Å²) in [7, 11) is 0. The van der Waals surface area contributed by atoms with Crippen molar-refractivity contribution in [2.75, 3.05) is 13.1 Å². The van der Waals surface area contributed by atoms with E-state index in [1.807, 2.05) is 0 Å². The van der Waals surface area contributed by atoms with E-state index in [1.54, 1.807) is 0 Å². The van der Waals surface area contributed by atoms with E-state index in [9.17, 15) is 9.59 Å². The molecule has 4 aliphatic carbocycles. The summed E-state index contributed by atoms with van der Waals surface area (Å²) in [6, 6.07) is 9.51. The summed E-state index contributed by atoms with van der Waals surface area (Å²) in [5.74, 6) is 5.41. The minimum absolute atomic E-state index is 0.296. The third-order valence-electron chi connectivity index (χ3n) is 16.1. The quantitative estimate of drug-likeness (QED) is 0.0992. The van der Waals surface area contributed by atoms with Crippen molar-refractivity contribution in [3.8, 4) is 0 Å². The molecule has 4 aliphatic rings. The molecular weight excluding hydrogens is 847 g/mol. The van der Waals surface area contributed by atoms with Crippen LogP contribution in [0.2, 0.25) is 0 Å². The number of hydrogen-bond donors (Lipinski definition) is 0. The van der Waals surface area contributed by atoms with Crippen LogP contribution in [0.5, 0.6) is 0 Å². The van der Waals surface area contributed by atoms with Gasteiger partial charge in [-0.1, -0.05) is 80.6 Å². The zero-order valence-electron chi connectivity index (χ0n) is 39.2. The lowest BCUT2D eigenvalue weighted by atomic mass is 9.79. The van der Waals surface area contributed by atoms with Gasteiger partial charge in [0.05, 0.1) is 28.3 Å². The van der Waals surface area contributed by atoms with Crippen LogP contribution < -0.4 is 0 Å². The second kappa shape index (κ2) is 22.3. The van der Waals surface area contributed by atoms with Crippen molar-refractivity contribution < 1.29 is 9.59 Å². The second-order valence-electron chi connectivity index (χ2n) is 20.1. The monoisotopic (exact) mass is 924 g/mol. The number of aromatic nitrogens is 5. The molecule has 8 rings (SSSR count). The Bertz CT molecular complexity index is 2100. The van der Waals surface area contributed by atoms with Gasteiger partial charge in [0.2, 0.25) is 11.8 Å². The molecular formula is C53H78BrN7O2. The van der Waals surface area contributed by atoms with Gasteiger partial charge in [-0.15, -0.1) is 0 Å². The van der Waals surface area contributed by atoms with E-state index in [0.717, 1.165) is 109 Å². The van der Waals surface area contributed by atoms with Crippen LogP contribution in [0, 0.1) is 11.8 Å². The number of nitrogens with zero attached hydrogens (tertiary/aromatic N) is 7. The van der Waals surface area contributed by atoms with E-state index in [1.165, 1.54) is 108 Å². The second-order valence-corrected chi connectivity index (χ2v) is 21.0. The topological polar surface area (TPSA) is 89.1 Å². The van der Waals surface area contributed by atoms with Crippen LogP contribution in [0.4, 0.5) is 0 Å². The van der Waals surface area contributed by atoms with E-state index < -0.39 is 0 Å². The third kappa shape index (κ3) is 11.2. The van der Waals surface area contributed by atoms with Crippen LogP contribution in [-0.4, -0.2) is 70.9 Å². The molecule has 4 aromatic rings. The van der Waals surface area contributed by atoms with Crippen molar-refractivity contribution in [2.24, 2.45) is 11.8 Å². The zero-order valence-corrected chi connectivity index (χ0v) is 40.8.